The van der Waals surface area contributed by atoms with E-state index in [4.69, 9.17) is 9.47 Å². The molecule has 0 unspecified atom stereocenters. The quantitative estimate of drug-likeness (QED) is 0.541. The Labute approximate surface area is 234 Å². The van der Waals surface area contributed by atoms with Crippen molar-refractivity contribution in [2.45, 2.75) is 50.0 Å². The highest BCUT2D eigenvalue weighted by Crippen LogP contribution is 2.68. The molecule has 0 bridgehead atoms. The van der Waals surface area contributed by atoms with Crippen LogP contribution in [-0.4, -0.2) is 75.1 Å². The number of fused-ring (bicyclic) bond motifs is 2. The smallest absolute Gasteiger partial charge is 0.414 e. The molecule has 2 aliphatic heterocycles. The Hall–Kier alpha value is -4.41. The fourth-order valence-corrected chi connectivity index (χ4v) is 7.75. The Morgan fingerprint density at radius 3 is 1.93 bits per heavy atom. The molecule has 11 heteroatoms. The van der Waals surface area contributed by atoms with E-state index < -0.39 is 28.5 Å². The summed E-state index contributed by atoms with van der Waals surface area (Å²) >= 11 is 0. The third-order valence-corrected chi connectivity index (χ3v) is 9.63. The minimum atomic E-state index is -0.667. The maximum atomic E-state index is 14.0. The molecule has 4 aliphatic carbocycles. The minimum absolute atomic E-state index is 0.119. The third-order valence-electron chi connectivity index (χ3n) is 9.63. The molecule has 210 valence electrons. The third kappa shape index (κ3) is 2.95. The van der Waals surface area contributed by atoms with Gasteiger partial charge in [0, 0.05) is 47.5 Å². The monoisotopic (exact) mass is 556 g/mol. The number of piperidine rings is 2. The van der Waals surface area contributed by atoms with Crippen LogP contribution < -0.4 is 0 Å². The summed E-state index contributed by atoms with van der Waals surface area (Å²) in [5, 5.41) is 0. The maximum absolute atomic E-state index is 14.0. The largest absolute Gasteiger partial charge is 0.464 e. The van der Waals surface area contributed by atoms with Gasteiger partial charge in [-0.05, 0) is 68.7 Å². The van der Waals surface area contributed by atoms with Crippen molar-refractivity contribution in [3.63, 3.8) is 0 Å². The lowest BCUT2D eigenvalue weighted by molar-refractivity contribution is 0.0321. The Kier molecular flexibility index (Phi) is 4.32. The van der Waals surface area contributed by atoms with Gasteiger partial charge in [0.05, 0.1) is 18.5 Å². The number of hydrogen-bond acceptors (Lipinski definition) is 7. The van der Waals surface area contributed by atoms with Crippen LogP contribution in [0.3, 0.4) is 0 Å². The van der Waals surface area contributed by atoms with E-state index >= 15 is 0 Å². The standard InChI is InChI=1S/C30H28N4O7/c1-28(2,3)41-27(39)34-12-14-10-30(14)15-5-17(31-23(15)20(36)8-22(30)34)25(37)33-11-13-9-29(13)16-6-18(26(38)40-4)32-24(16)19(35)7-21(29)33/h5-8,13-14,31-32H,9-12H2,1-4H3/t13-,14+,29-,30+/m0/s1. The molecule has 2 N–H and O–H groups in total. The zero-order chi connectivity index (χ0) is 28.8. The van der Waals surface area contributed by atoms with Gasteiger partial charge < -0.3 is 24.3 Å². The van der Waals surface area contributed by atoms with Gasteiger partial charge in [-0.25, -0.2) is 9.59 Å². The van der Waals surface area contributed by atoms with E-state index in [0.717, 1.165) is 24.0 Å². The van der Waals surface area contributed by atoms with E-state index in [1.54, 1.807) is 42.7 Å². The zero-order valence-electron chi connectivity index (χ0n) is 23.0. The molecule has 2 aromatic heterocycles. The number of carbonyl (C=O) groups is 5. The summed E-state index contributed by atoms with van der Waals surface area (Å²) in [6.45, 7) is 6.29. The Balaban J connectivity index is 1.11. The van der Waals surface area contributed by atoms with E-state index in [0.29, 0.717) is 35.9 Å². The number of aromatic amines is 2. The lowest BCUT2D eigenvalue weighted by Crippen LogP contribution is -2.37. The predicted octanol–water partition coefficient (Wildman–Crippen LogP) is 3.21. The average molecular weight is 557 g/mol. The van der Waals surface area contributed by atoms with Gasteiger partial charge >= 0.3 is 12.1 Å². The Morgan fingerprint density at radius 1 is 0.854 bits per heavy atom. The first kappa shape index (κ1) is 24.4. The van der Waals surface area contributed by atoms with Crippen LogP contribution in [0.2, 0.25) is 0 Å². The number of esters is 1. The molecule has 41 heavy (non-hydrogen) atoms. The van der Waals surface area contributed by atoms with Crippen molar-refractivity contribution < 1.29 is 33.4 Å². The van der Waals surface area contributed by atoms with Crippen molar-refractivity contribution >= 4 is 29.5 Å². The van der Waals surface area contributed by atoms with Crippen LogP contribution in [0.4, 0.5) is 4.79 Å². The molecule has 2 spiro atoms. The van der Waals surface area contributed by atoms with Gasteiger partial charge in [0.2, 0.25) is 11.6 Å². The van der Waals surface area contributed by atoms with E-state index in [-0.39, 0.29) is 40.7 Å². The van der Waals surface area contributed by atoms with E-state index in [2.05, 4.69) is 9.97 Å². The number of H-pyrrole nitrogens is 2. The number of allylic oxidation sites excluding steroid dienone is 4. The number of ketones is 2. The zero-order valence-corrected chi connectivity index (χ0v) is 23.0. The molecule has 4 heterocycles. The molecule has 11 nitrogen and oxygen atoms in total. The highest BCUT2D eigenvalue weighted by atomic mass is 16.6. The molecule has 4 fully saturated rings. The average Bonchev–Trinajstić information content (AvgIpc) is 3.45. The second kappa shape index (κ2) is 7.26. The fourth-order valence-electron chi connectivity index (χ4n) is 7.75. The van der Waals surface area contributed by atoms with Crippen molar-refractivity contribution in [1.82, 2.24) is 19.8 Å². The van der Waals surface area contributed by atoms with Gasteiger partial charge in [-0.15, -0.1) is 0 Å². The molecule has 4 atom stereocenters. The number of rotatable bonds is 2. The van der Waals surface area contributed by atoms with Crippen LogP contribution in [-0.2, 0) is 20.3 Å². The SMILES string of the molecule is COC(=O)c1cc2c([nH]1)C(=O)C=C1N(C(=O)c3cc4c([nH]3)C(=O)C=C3N(C(=O)OC(C)(C)C)C[C@H]5C[C@]345)C[C@@H]3C[C@@]123. The van der Waals surface area contributed by atoms with Gasteiger partial charge in [0.15, 0.2) is 0 Å². The first-order valence-electron chi connectivity index (χ1n) is 13.8. The van der Waals surface area contributed by atoms with Gasteiger partial charge in [-0.3, -0.25) is 19.3 Å². The number of ether oxygens (including phenoxy) is 2. The van der Waals surface area contributed by atoms with Crippen LogP contribution >= 0.6 is 0 Å². The van der Waals surface area contributed by atoms with Crippen LogP contribution in [0.1, 0.15) is 86.7 Å². The lowest BCUT2D eigenvalue weighted by Gasteiger charge is -2.30. The summed E-state index contributed by atoms with van der Waals surface area (Å²) in [4.78, 5) is 74.5. The maximum Gasteiger partial charge on any atom is 0.414 e. The van der Waals surface area contributed by atoms with Crippen molar-refractivity contribution in [2.75, 3.05) is 20.2 Å². The second-order valence-electron chi connectivity index (χ2n) is 13.0. The molecule has 0 aromatic carbocycles. The molecule has 2 aromatic rings. The minimum Gasteiger partial charge on any atom is -0.464 e. The molecule has 0 radical (unpaired) electrons. The number of likely N-dealkylation sites (tertiary alicyclic amines) is 2. The molecule has 2 saturated heterocycles. The number of nitrogens with zero attached hydrogens (tertiary/aromatic N) is 2. The summed E-state index contributed by atoms with van der Waals surface area (Å²) in [7, 11) is 1.28. The summed E-state index contributed by atoms with van der Waals surface area (Å²) in [6.07, 6.45) is 4.08. The number of carbonyl (C=O) groups excluding carboxylic acids is 5. The van der Waals surface area contributed by atoms with E-state index in [9.17, 15) is 24.0 Å². The molecule has 6 aliphatic rings. The van der Waals surface area contributed by atoms with Crippen molar-refractivity contribution in [1.29, 1.82) is 0 Å². The number of aromatic nitrogens is 2. The van der Waals surface area contributed by atoms with Gasteiger partial charge in [-0.1, -0.05) is 0 Å². The van der Waals surface area contributed by atoms with Crippen LogP contribution in [0.15, 0.2) is 35.7 Å². The Bertz CT molecular complexity index is 1730. The van der Waals surface area contributed by atoms with Crippen LogP contribution in [0.25, 0.3) is 0 Å². The summed E-state index contributed by atoms with van der Waals surface area (Å²) in [6, 6.07) is 3.42. The lowest BCUT2D eigenvalue weighted by atomic mass is 9.85. The van der Waals surface area contributed by atoms with Gasteiger partial charge in [-0.2, -0.15) is 0 Å². The first-order chi connectivity index (χ1) is 19.4. The molecule has 2 amide bonds. The molecule has 2 saturated carbocycles. The number of hydrogen-bond donors (Lipinski definition) is 2. The Morgan fingerprint density at radius 2 is 1.37 bits per heavy atom. The normalized spacial score (nSPS) is 29.9. The van der Waals surface area contributed by atoms with Crippen molar-refractivity contribution in [2.24, 2.45) is 11.8 Å². The topological polar surface area (TPSA) is 142 Å². The van der Waals surface area contributed by atoms with E-state index in [1.165, 1.54) is 19.3 Å². The molecular weight excluding hydrogens is 528 g/mol. The van der Waals surface area contributed by atoms with Crippen LogP contribution in [0.5, 0.6) is 0 Å². The summed E-state index contributed by atoms with van der Waals surface area (Å²) < 4.78 is 10.4. The van der Waals surface area contributed by atoms with Crippen molar-refractivity contribution in [3.05, 3.63) is 69.6 Å². The highest BCUT2D eigenvalue weighted by molar-refractivity contribution is 6.11. The van der Waals surface area contributed by atoms with E-state index in [1.807, 2.05) is 0 Å². The number of methoxy groups -OCH3 is 1. The second-order valence-corrected chi connectivity index (χ2v) is 13.0. The predicted molar refractivity (Wildman–Crippen MR) is 141 cm³/mol. The number of amides is 2. The van der Waals surface area contributed by atoms with Crippen molar-refractivity contribution in [3.8, 4) is 0 Å². The fraction of sp³-hybridized carbons (Fsp3) is 0.433. The molecule has 8 rings (SSSR count). The van der Waals surface area contributed by atoms with Gasteiger partial charge in [0.1, 0.15) is 17.0 Å². The summed E-state index contributed by atoms with van der Waals surface area (Å²) in [5.41, 5.74) is 2.27. The van der Waals surface area contributed by atoms with Gasteiger partial charge in [0.25, 0.3) is 5.91 Å². The first-order valence-corrected chi connectivity index (χ1v) is 13.8. The highest BCUT2D eigenvalue weighted by Gasteiger charge is 2.69. The summed E-state index contributed by atoms with van der Waals surface area (Å²) in [5.74, 6) is -1.21. The van der Waals surface area contributed by atoms with Crippen LogP contribution in [0, 0.1) is 11.8 Å². The molecular formula is C30H28N4O7. The number of nitrogens with one attached hydrogen (secondary N) is 2.